The molecule has 0 aliphatic carbocycles. The molecule has 0 aromatic heterocycles. The number of rotatable bonds is 6. The van der Waals surface area contributed by atoms with E-state index in [0.717, 1.165) is 12.1 Å². The van der Waals surface area contributed by atoms with Crippen molar-refractivity contribution in [2.45, 2.75) is 6.10 Å². The highest BCUT2D eigenvalue weighted by Crippen LogP contribution is 2.33. The van der Waals surface area contributed by atoms with Gasteiger partial charge in [0.1, 0.15) is 29.1 Å². The lowest BCUT2D eigenvalue weighted by atomic mass is 9.94. The molecule has 32 heavy (non-hydrogen) atoms. The van der Waals surface area contributed by atoms with Gasteiger partial charge in [0.15, 0.2) is 0 Å². The van der Waals surface area contributed by atoms with Crippen LogP contribution in [0.1, 0.15) is 32.4 Å². The van der Waals surface area contributed by atoms with Gasteiger partial charge >= 0.3 is 0 Å². The van der Waals surface area contributed by atoms with E-state index in [0.29, 0.717) is 23.0 Å². The molecule has 0 fully saturated rings. The number of ketones is 2. The molecule has 4 N–H and O–H groups in total. The first-order chi connectivity index (χ1) is 15.4. The Balaban J connectivity index is 1.79. The highest BCUT2D eigenvalue weighted by molar-refractivity contribution is 6.32. The second kappa shape index (κ2) is 8.70. The lowest BCUT2D eigenvalue weighted by molar-refractivity contribution is 0.0949. The van der Waals surface area contributed by atoms with Crippen molar-refractivity contribution in [3.8, 4) is 0 Å². The number of aliphatic hydroxyl groups excluding tert-OH is 2. The van der Waals surface area contributed by atoms with Crippen molar-refractivity contribution in [1.29, 1.82) is 0 Å². The third-order valence-corrected chi connectivity index (χ3v) is 5.01. The van der Waals surface area contributed by atoms with Crippen LogP contribution in [0.15, 0.2) is 78.1 Å². The first-order valence-electron chi connectivity index (χ1n) is 9.69. The van der Waals surface area contributed by atoms with E-state index in [1.807, 2.05) is 0 Å². The summed E-state index contributed by atoms with van der Waals surface area (Å²) in [5.41, 5.74) is 1.12. The average molecular weight is 436 g/mol. The maximum Gasteiger partial charge on any atom is 0.200 e. The van der Waals surface area contributed by atoms with Gasteiger partial charge in [-0.3, -0.25) is 9.59 Å². The lowest BCUT2D eigenvalue weighted by Gasteiger charge is -2.12. The van der Waals surface area contributed by atoms with E-state index in [1.165, 1.54) is 24.3 Å². The Labute approximate surface area is 181 Å². The van der Waals surface area contributed by atoms with Crippen LogP contribution in [0, 0.1) is 11.6 Å². The molecule has 0 amide bonds. The van der Waals surface area contributed by atoms with E-state index in [9.17, 15) is 23.5 Å². The number of hydrogen-bond donors (Lipinski definition) is 4. The number of benzene rings is 3. The normalized spacial score (nSPS) is 13.1. The summed E-state index contributed by atoms with van der Waals surface area (Å²) in [6.45, 7) is -0.488. The number of halogens is 2. The van der Waals surface area contributed by atoms with Crippen molar-refractivity contribution in [2.75, 3.05) is 17.2 Å². The van der Waals surface area contributed by atoms with Gasteiger partial charge < -0.3 is 20.8 Å². The average Bonchev–Trinajstić information content (AvgIpc) is 3.21. The lowest BCUT2D eigenvalue weighted by Crippen LogP contribution is -2.21. The van der Waals surface area contributed by atoms with E-state index in [4.69, 9.17) is 5.11 Å². The zero-order chi connectivity index (χ0) is 22.8. The monoisotopic (exact) mass is 436 g/mol. The van der Waals surface area contributed by atoms with Crippen LogP contribution in [0.4, 0.5) is 20.2 Å². The summed E-state index contributed by atoms with van der Waals surface area (Å²) >= 11 is 0. The Morgan fingerprint density at radius 2 is 1.34 bits per heavy atom. The minimum Gasteiger partial charge on any atom is -0.393 e. The van der Waals surface area contributed by atoms with Crippen LogP contribution in [0.25, 0.3) is 0 Å². The Bertz CT molecular complexity index is 1190. The third-order valence-electron chi connectivity index (χ3n) is 5.01. The summed E-state index contributed by atoms with van der Waals surface area (Å²) in [4.78, 5) is 26.6. The topological polar surface area (TPSA) is 98.7 Å². The summed E-state index contributed by atoms with van der Waals surface area (Å²) in [6.07, 6.45) is -1.11. The molecule has 162 valence electrons. The molecule has 3 aromatic rings. The second-order valence-corrected chi connectivity index (χ2v) is 7.18. The molecule has 1 unspecified atom stereocenters. The summed E-state index contributed by atoms with van der Waals surface area (Å²) in [7, 11) is 0. The largest absolute Gasteiger partial charge is 0.393 e. The Hall–Kier alpha value is -3.88. The smallest absolute Gasteiger partial charge is 0.200 e. The Morgan fingerprint density at radius 3 is 1.88 bits per heavy atom. The minimum absolute atomic E-state index is 0.0883. The van der Waals surface area contributed by atoms with Gasteiger partial charge in [-0.25, -0.2) is 8.78 Å². The molecule has 0 spiro atoms. The van der Waals surface area contributed by atoms with Gasteiger partial charge in [0.25, 0.3) is 0 Å². The fourth-order valence-corrected chi connectivity index (χ4v) is 3.39. The van der Waals surface area contributed by atoms with Gasteiger partial charge in [-0.2, -0.15) is 0 Å². The van der Waals surface area contributed by atoms with Crippen molar-refractivity contribution >= 4 is 22.9 Å². The van der Waals surface area contributed by atoms with Gasteiger partial charge in [-0.05, 0) is 29.8 Å². The highest BCUT2D eigenvalue weighted by Gasteiger charge is 2.29. The molecular weight excluding hydrogens is 418 g/mol. The van der Waals surface area contributed by atoms with Crippen molar-refractivity contribution in [2.24, 2.45) is 0 Å². The molecule has 1 aliphatic heterocycles. The van der Waals surface area contributed by atoms with Crippen LogP contribution in [0.3, 0.4) is 0 Å². The molecule has 1 aliphatic rings. The van der Waals surface area contributed by atoms with E-state index in [2.05, 4.69) is 10.6 Å². The molecular formula is C24H18F2N2O4. The number of carbonyl (C=O) groups is 2. The molecule has 0 saturated carbocycles. The second-order valence-electron chi connectivity index (χ2n) is 7.18. The molecule has 0 radical (unpaired) electrons. The first kappa shape index (κ1) is 21.4. The van der Waals surface area contributed by atoms with Gasteiger partial charge in [0.05, 0.1) is 18.0 Å². The van der Waals surface area contributed by atoms with Crippen molar-refractivity contribution in [3.63, 3.8) is 0 Å². The summed E-state index contributed by atoms with van der Waals surface area (Å²) in [5, 5.41) is 24.8. The van der Waals surface area contributed by atoms with E-state index in [-0.39, 0.29) is 22.5 Å². The molecule has 0 bridgehead atoms. The van der Waals surface area contributed by atoms with E-state index < -0.39 is 35.9 Å². The number of allylic oxidation sites excluding steroid dienone is 1. The number of Topliss-reactive ketones (excluding diaryl/α,β-unsaturated/α-hetero) is 2. The number of carbonyl (C=O) groups excluding carboxylic acids is 2. The fourth-order valence-electron chi connectivity index (χ4n) is 3.39. The highest BCUT2D eigenvalue weighted by atomic mass is 19.1. The zero-order valence-electron chi connectivity index (χ0n) is 16.6. The minimum atomic E-state index is -1.11. The number of aliphatic hydroxyl groups is 2. The summed E-state index contributed by atoms with van der Waals surface area (Å²) in [6, 6.07) is 15.1. The van der Waals surface area contributed by atoms with Crippen LogP contribution in [0.5, 0.6) is 0 Å². The zero-order valence-corrected chi connectivity index (χ0v) is 16.6. The molecule has 1 atom stereocenters. The van der Waals surface area contributed by atoms with Gasteiger partial charge in [0, 0.05) is 17.2 Å². The van der Waals surface area contributed by atoms with Crippen molar-refractivity contribution < 1.29 is 28.6 Å². The first-order valence-corrected chi connectivity index (χ1v) is 9.69. The molecule has 1 heterocycles. The summed E-state index contributed by atoms with van der Waals surface area (Å²) in [5.74, 6) is -3.35. The SMILES string of the molecule is O=C(C(C(=O)c1cc(F)cc(F)c1)=C1Nc2ccccc2N1)c1ccc(C(O)CO)cc1. The number of para-hydroxylation sites is 2. The number of hydrogen-bond acceptors (Lipinski definition) is 6. The van der Waals surface area contributed by atoms with Gasteiger partial charge in [-0.15, -0.1) is 0 Å². The van der Waals surface area contributed by atoms with Crippen LogP contribution in [-0.2, 0) is 0 Å². The Morgan fingerprint density at radius 1 is 0.812 bits per heavy atom. The van der Waals surface area contributed by atoms with E-state index >= 15 is 0 Å². The third kappa shape index (κ3) is 4.14. The van der Waals surface area contributed by atoms with E-state index in [1.54, 1.807) is 24.3 Å². The van der Waals surface area contributed by atoms with Crippen LogP contribution in [-0.4, -0.2) is 28.4 Å². The van der Waals surface area contributed by atoms with Gasteiger partial charge in [0.2, 0.25) is 11.6 Å². The van der Waals surface area contributed by atoms with Crippen LogP contribution in [0.2, 0.25) is 0 Å². The predicted octanol–water partition coefficient (Wildman–Crippen LogP) is 3.81. The molecule has 3 aromatic carbocycles. The van der Waals surface area contributed by atoms with Crippen molar-refractivity contribution in [1.82, 2.24) is 0 Å². The fraction of sp³-hybridized carbons (Fsp3) is 0.0833. The number of fused-ring (bicyclic) bond motifs is 1. The molecule has 4 rings (SSSR count). The standard InChI is InChI=1S/C24H18F2N2O4/c25-16-9-15(10-17(26)11-16)23(32)21(24-27-18-3-1-2-4-19(18)28-24)22(31)14-7-5-13(6-8-14)20(30)12-29/h1-11,20,27-30H,12H2. The number of anilines is 2. The summed E-state index contributed by atoms with van der Waals surface area (Å²) < 4.78 is 27.5. The maximum absolute atomic E-state index is 13.8. The quantitative estimate of drug-likeness (QED) is 0.203. The predicted molar refractivity (Wildman–Crippen MR) is 114 cm³/mol. The maximum atomic E-state index is 13.8. The van der Waals surface area contributed by atoms with Crippen LogP contribution < -0.4 is 10.6 Å². The van der Waals surface area contributed by atoms with Crippen molar-refractivity contribution in [3.05, 3.63) is 106 Å². The van der Waals surface area contributed by atoms with Crippen LogP contribution >= 0.6 is 0 Å². The molecule has 6 nitrogen and oxygen atoms in total. The molecule has 8 heteroatoms. The molecule has 0 saturated heterocycles. The number of nitrogens with one attached hydrogen (secondary N) is 2. The van der Waals surface area contributed by atoms with Gasteiger partial charge in [-0.1, -0.05) is 36.4 Å². The Kier molecular flexibility index (Phi) is 5.81.